The van der Waals surface area contributed by atoms with Crippen LogP contribution in [-0.2, 0) is 4.65 Å². The molecule has 0 unspecified atom stereocenters. The Morgan fingerprint density at radius 1 is 1.45 bits per heavy atom. The number of allylic oxidation sites excluding steroid dienone is 1. The van der Waals surface area contributed by atoms with E-state index >= 15 is 0 Å². The van der Waals surface area contributed by atoms with Crippen molar-refractivity contribution in [2.24, 2.45) is 0 Å². The quantitative estimate of drug-likeness (QED) is 0.468. The molecule has 11 heavy (non-hydrogen) atoms. The molecule has 60 valence electrons. The van der Waals surface area contributed by atoms with Gasteiger partial charge in [-0.05, 0) is 0 Å². The van der Waals surface area contributed by atoms with E-state index in [0.717, 1.165) is 0 Å². The molecule has 8 heteroatoms. The fourth-order valence-electron chi connectivity index (χ4n) is 0.246. The van der Waals surface area contributed by atoms with E-state index in [1.165, 1.54) is 0 Å². The van der Waals surface area contributed by atoms with E-state index in [9.17, 15) is 13.2 Å². The Morgan fingerprint density at radius 2 is 1.91 bits per heavy atom. The molecule has 0 rings (SSSR count). The third kappa shape index (κ3) is 7.32. The summed E-state index contributed by atoms with van der Waals surface area (Å²) < 4.78 is 37.6. The molecular weight excluding hydrogens is 191 g/mol. The van der Waals surface area contributed by atoms with Gasteiger partial charge in [-0.3, -0.25) is 0 Å². The summed E-state index contributed by atoms with van der Waals surface area (Å²) in [5.41, 5.74) is 0. The Kier molecular flexibility index (Phi) is 9.99. The molecule has 0 heterocycles. The summed E-state index contributed by atoms with van der Waals surface area (Å²) in [6, 6.07) is 0. The van der Waals surface area contributed by atoms with E-state index in [-0.39, 0.29) is 51.4 Å². The van der Waals surface area contributed by atoms with Crippen molar-refractivity contribution in [3.05, 3.63) is 12.1 Å². The van der Waals surface area contributed by atoms with Gasteiger partial charge in [0.25, 0.3) is 6.43 Å². The van der Waals surface area contributed by atoms with Crippen LogP contribution in [-0.4, -0.2) is 75.2 Å². The first kappa shape index (κ1) is 14.5. The Balaban J connectivity index is 0. The van der Waals surface area contributed by atoms with Crippen LogP contribution in [0.4, 0.5) is 13.2 Å². The predicted octanol–water partition coefficient (Wildman–Crippen LogP) is -0.600. The summed E-state index contributed by atoms with van der Waals surface area (Å²) in [5, 5.41) is 15.8. The Morgan fingerprint density at radius 3 is 2.00 bits per heavy atom. The van der Waals surface area contributed by atoms with Crippen molar-refractivity contribution in [1.29, 1.82) is 0 Å². The topological polar surface area (TPSA) is 49.7 Å². The number of alkyl halides is 2. The van der Waals surface area contributed by atoms with Crippen LogP contribution in [0.2, 0.25) is 0 Å². The Bertz CT molecular complexity index is 131. The maximum absolute atomic E-state index is 11.4. The Hall–Kier alpha value is 0.951. The molecule has 0 aliphatic heterocycles. The van der Waals surface area contributed by atoms with Crippen LogP contribution < -0.4 is 0 Å². The van der Waals surface area contributed by atoms with Crippen molar-refractivity contribution in [2.45, 2.75) is 6.43 Å². The van der Waals surface area contributed by atoms with Crippen molar-refractivity contribution < 1.29 is 27.9 Å². The molecule has 0 radical (unpaired) electrons. The van der Waals surface area contributed by atoms with Crippen molar-refractivity contribution in [3.8, 4) is 0 Å². The molecule has 0 spiro atoms. The van der Waals surface area contributed by atoms with Gasteiger partial charge in [-0.2, -0.15) is 0 Å². The first-order valence-corrected chi connectivity index (χ1v) is 2.19. The summed E-state index contributed by atoms with van der Waals surface area (Å²) in [6.07, 6.45) is -3.73. The van der Waals surface area contributed by atoms with E-state index in [1.54, 1.807) is 0 Å². The molecule has 0 aliphatic rings. The first-order valence-electron chi connectivity index (χ1n) is 2.19. The fourth-order valence-corrected chi connectivity index (χ4v) is 0.246. The average molecular weight is 196 g/mol. The number of hydrogen-bond acceptors (Lipinski definition) is 3. The first-order chi connectivity index (χ1) is 4.57. The van der Waals surface area contributed by atoms with Gasteiger partial charge in [0, 0.05) is 0 Å². The molecule has 2 N–H and O–H groups in total. The molecular formula is C3H5BF3KO3. The van der Waals surface area contributed by atoms with Crippen LogP contribution in [0.15, 0.2) is 12.1 Å². The minimum absolute atomic E-state index is 0. The van der Waals surface area contributed by atoms with Gasteiger partial charge >= 0.3 is 58.7 Å². The molecule has 0 saturated heterocycles. The van der Waals surface area contributed by atoms with E-state index in [0.29, 0.717) is 0 Å². The molecule has 0 aromatic rings. The third-order valence-corrected chi connectivity index (χ3v) is 0.564. The summed E-state index contributed by atoms with van der Waals surface area (Å²) in [6.45, 7) is 0. The van der Waals surface area contributed by atoms with Crippen LogP contribution in [0.3, 0.4) is 0 Å². The molecule has 0 saturated carbocycles. The molecule has 0 amide bonds. The van der Waals surface area contributed by atoms with Gasteiger partial charge in [0.05, 0.1) is 0 Å². The van der Waals surface area contributed by atoms with Gasteiger partial charge in [0.1, 0.15) is 6.33 Å². The van der Waals surface area contributed by atoms with E-state index in [1.807, 2.05) is 0 Å². The van der Waals surface area contributed by atoms with Gasteiger partial charge in [-0.25, -0.2) is 13.2 Å². The predicted molar refractivity (Wildman–Crippen MR) is 33.6 cm³/mol. The van der Waals surface area contributed by atoms with Gasteiger partial charge in [-0.15, -0.1) is 0 Å². The molecule has 0 fully saturated rings. The summed E-state index contributed by atoms with van der Waals surface area (Å²) in [5.74, 6) is -1.41. The number of halogens is 3. The molecule has 0 aliphatic carbocycles. The Labute approximate surface area is 104 Å². The molecule has 0 aromatic heterocycles. The molecule has 0 aromatic carbocycles. The van der Waals surface area contributed by atoms with Crippen molar-refractivity contribution in [3.63, 3.8) is 0 Å². The number of hydrogen-bond donors (Lipinski definition) is 2. The second-order valence-electron chi connectivity index (χ2n) is 1.26. The zero-order valence-electron chi connectivity index (χ0n) is 4.67. The third-order valence-electron chi connectivity index (χ3n) is 0.564. The normalized spacial score (nSPS) is 10.9. The molecule has 0 bridgehead atoms. The van der Waals surface area contributed by atoms with Crippen LogP contribution in [0.5, 0.6) is 0 Å². The summed E-state index contributed by atoms with van der Waals surface area (Å²) >= 11 is 0. The van der Waals surface area contributed by atoms with Crippen LogP contribution >= 0.6 is 0 Å². The molecule has 0 atom stereocenters. The van der Waals surface area contributed by atoms with Gasteiger partial charge in [0.15, 0.2) is 5.76 Å². The second-order valence-corrected chi connectivity index (χ2v) is 1.26. The van der Waals surface area contributed by atoms with Crippen molar-refractivity contribution in [2.75, 3.05) is 0 Å². The van der Waals surface area contributed by atoms with Gasteiger partial charge in [-0.1, -0.05) is 0 Å². The zero-order chi connectivity index (χ0) is 8.15. The number of rotatable bonds is 3. The zero-order valence-corrected chi connectivity index (χ0v) is 4.67. The SMILES string of the molecule is OB(O)OC(=CF)C(F)F.[KH]. The monoisotopic (exact) mass is 196 g/mol. The van der Waals surface area contributed by atoms with Crippen LogP contribution in [0.25, 0.3) is 0 Å². The summed E-state index contributed by atoms with van der Waals surface area (Å²) in [7, 11) is -2.42. The van der Waals surface area contributed by atoms with Crippen molar-refractivity contribution >= 4 is 58.7 Å². The molecule has 3 nitrogen and oxygen atoms in total. The van der Waals surface area contributed by atoms with E-state index < -0.39 is 25.8 Å². The van der Waals surface area contributed by atoms with Gasteiger partial charge in [0.2, 0.25) is 0 Å². The van der Waals surface area contributed by atoms with Crippen LogP contribution in [0.1, 0.15) is 0 Å². The van der Waals surface area contributed by atoms with Crippen LogP contribution in [0, 0.1) is 0 Å². The summed E-state index contributed by atoms with van der Waals surface area (Å²) in [4.78, 5) is 0. The average Bonchev–Trinajstić information content (AvgIpc) is 1.81. The minimum atomic E-state index is -3.19. The van der Waals surface area contributed by atoms with Crippen molar-refractivity contribution in [1.82, 2.24) is 0 Å². The second kappa shape index (κ2) is 7.59. The fraction of sp³-hybridized carbons (Fsp3) is 0.333. The van der Waals surface area contributed by atoms with E-state index in [2.05, 4.69) is 4.65 Å². The van der Waals surface area contributed by atoms with Gasteiger partial charge < -0.3 is 14.7 Å². The van der Waals surface area contributed by atoms with E-state index in [4.69, 9.17) is 10.0 Å². The standard InChI is InChI=1S/C3H4BF3O3.K.H/c5-1-2(3(6)7)10-4(8)9;;/h1,3,8-9H;;. The maximum atomic E-state index is 11.4.